The summed E-state index contributed by atoms with van der Waals surface area (Å²) >= 11 is 0. The first-order valence-electron chi connectivity index (χ1n) is 6.83. The van der Waals surface area contributed by atoms with Crippen LogP contribution in [0.5, 0.6) is 0 Å². The van der Waals surface area contributed by atoms with E-state index in [0.29, 0.717) is 18.7 Å². The molecule has 0 saturated carbocycles. The zero-order valence-electron chi connectivity index (χ0n) is 11.5. The number of rotatable bonds is 4. The van der Waals surface area contributed by atoms with Gasteiger partial charge in [-0.3, -0.25) is 4.68 Å². The van der Waals surface area contributed by atoms with Crippen molar-refractivity contribution < 1.29 is 4.39 Å². The molecule has 0 saturated heterocycles. The van der Waals surface area contributed by atoms with E-state index in [9.17, 15) is 4.39 Å². The standard InChI is InChI=1S/C17H16FN3/c18-16-9-5-4-8-15(16)17-10-14(11-19)20-21(17)12-13-6-2-1-3-7-13/h1-10H,11-12,19H2. The molecule has 4 heteroatoms. The van der Waals surface area contributed by atoms with Gasteiger partial charge in [0.15, 0.2) is 0 Å². The first-order chi connectivity index (χ1) is 10.3. The van der Waals surface area contributed by atoms with Crippen molar-refractivity contribution in [3.05, 3.63) is 77.7 Å². The maximum Gasteiger partial charge on any atom is 0.132 e. The SMILES string of the molecule is NCc1cc(-c2ccccc2F)n(Cc2ccccc2)n1. The minimum atomic E-state index is -0.254. The second kappa shape index (κ2) is 5.89. The molecule has 0 aliphatic rings. The molecular formula is C17H16FN3. The second-order valence-corrected chi connectivity index (χ2v) is 4.85. The summed E-state index contributed by atoms with van der Waals surface area (Å²) in [6.45, 7) is 0.924. The zero-order chi connectivity index (χ0) is 14.7. The summed E-state index contributed by atoms with van der Waals surface area (Å²) in [7, 11) is 0. The third-order valence-corrected chi connectivity index (χ3v) is 3.36. The van der Waals surface area contributed by atoms with Crippen LogP contribution in [0.4, 0.5) is 4.39 Å². The van der Waals surface area contributed by atoms with E-state index in [1.54, 1.807) is 16.8 Å². The average molecular weight is 281 g/mol. The molecule has 0 radical (unpaired) electrons. The van der Waals surface area contributed by atoms with Crippen LogP contribution >= 0.6 is 0 Å². The van der Waals surface area contributed by atoms with Gasteiger partial charge in [0.05, 0.1) is 17.9 Å². The van der Waals surface area contributed by atoms with Crippen molar-refractivity contribution in [1.82, 2.24) is 9.78 Å². The van der Waals surface area contributed by atoms with Gasteiger partial charge in [-0.05, 0) is 23.8 Å². The van der Waals surface area contributed by atoms with Gasteiger partial charge < -0.3 is 5.73 Å². The molecule has 0 amide bonds. The quantitative estimate of drug-likeness (QED) is 0.798. The Kier molecular flexibility index (Phi) is 3.79. The third kappa shape index (κ3) is 2.85. The summed E-state index contributed by atoms with van der Waals surface area (Å²) in [6.07, 6.45) is 0. The molecule has 0 fully saturated rings. The van der Waals surface area contributed by atoms with Crippen molar-refractivity contribution in [2.45, 2.75) is 13.1 Å². The van der Waals surface area contributed by atoms with E-state index in [1.807, 2.05) is 42.5 Å². The number of nitrogens with zero attached hydrogens (tertiary/aromatic N) is 2. The molecule has 0 spiro atoms. The lowest BCUT2D eigenvalue weighted by atomic mass is 10.1. The van der Waals surface area contributed by atoms with E-state index in [4.69, 9.17) is 5.73 Å². The highest BCUT2D eigenvalue weighted by Crippen LogP contribution is 2.24. The van der Waals surface area contributed by atoms with Crippen molar-refractivity contribution >= 4 is 0 Å². The fourth-order valence-corrected chi connectivity index (χ4v) is 2.33. The maximum absolute atomic E-state index is 14.0. The van der Waals surface area contributed by atoms with Crippen LogP contribution < -0.4 is 5.73 Å². The number of nitrogens with two attached hydrogens (primary N) is 1. The molecule has 0 unspecified atom stereocenters. The molecular weight excluding hydrogens is 265 g/mol. The summed E-state index contributed by atoms with van der Waals surface area (Å²) in [5, 5.41) is 4.47. The third-order valence-electron chi connectivity index (χ3n) is 3.36. The molecule has 1 heterocycles. The van der Waals surface area contributed by atoms with Gasteiger partial charge in [-0.1, -0.05) is 42.5 Å². The largest absolute Gasteiger partial charge is 0.325 e. The number of benzene rings is 2. The lowest BCUT2D eigenvalue weighted by Crippen LogP contribution is -2.05. The van der Waals surface area contributed by atoms with Gasteiger partial charge in [0.1, 0.15) is 5.82 Å². The Bertz CT molecular complexity index is 735. The van der Waals surface area contributed by atoms with Crippen LogP contribution in [0.1, 0.15) is 11.3 Å². The predicted molar refractivity (Wildman–Crippen MR) is 81.1 cm³/mol. The zero-order valence-corrected chi connectivity index (χ0v) is 11.5. The molecule has 0 bridgehead atoms. The van der Waals surface area contributed by atoms with Crippen molar-refractivity contribution in [1.29, 1.82) is 0 Å². The Hall–Kier alpha value is -2.46. The minimum absolute atomic E-state index is 0.254. The van der Waals surface area contributed by atoms with E-state index in [2.05, 4.69) is 5.10 Å². The van der Waals surface area contributed by atoms with Gasteiger partial charge >= 0.3 is 0 Å². The van der Waals surface area contributed by atoms with Gasteiger partial charge in [-0.15, -0.1) is 0 Å². The number of hydrogen-bond donors (Lipinski definition) is 1. The van der Waals surface area contributed by atoms with Crippen LogP contribution in [-0.2, 0) is 13.1 Å². The van der Waals surface area contributed by atoms with Crippen molar-refractivity contribution in [3.8, 4) is 11.3 Å². The summed E-state index contributed by atoms with van der Waals surface area (Å²) in [4.78, 5) is 0. The van der Waals surface area contributed by atoms with E-state index >= 15 is 0 Å². The summed E-state index contributed by atoms with van der Waals surface area (Å²) < 4.78 is 15.8. The van der Waals surface area contributed by atoms with Gasteiger partial charge in [0, 0.05) is 12.1 Å². The maximum atomic E-state index is 14.0. The summed E-state index contributed by atoms with van der Waals surface area (Å²) in [6, 6.07) is 18.5. The monoisotopic (exact) mass is 281 g/mol. The van der Waals surface area contributed by atoms with Crippen LogP contribution in [0.2, 0.25) is 0 Å². The Morgan fingerprint density at radius 2 is 1.71 bits per heavy atom. The number of aromatic nitrogens is 2. The molecule has 21 heavy (non-hydrogen) atoms. The minimum Gasteiger partial charge on any atom is -0.325 e. The average Bonchev–Trinajstić information content (AvgIpc) is 2.92. The first kappa shape index (κ1) is 13.5. The van der Waals surface area contributed by atoms with Gasteiger partial charge in [0.25, 0.3) is 0 Å². The van der Waals surface area contributed by atoms with E-state index in [-0.39, 0.29) is 5.82 Å². The van der Waals surface area contributed by atoms with E-state index in [1.165, 1.54) is 6.07 Å². The number of hydrogen-bond acceptors (Lipinski definition) is 2. The Morgan fingerprint density at radius 3 is 2.43 bits per heavy atom. The lowest BCUT2D eigenvalue weighted by Gasteiger charge is -2.08. The summed E-state index contributed by atoms with van der Waals surface area (Å²) in [5.74, 6) is -0.254. The normalized spacial score (nSPS) is 10.8. The summed E-state index contributed by atoms with van der Waals surface area (Å²) in [5.41, 5.74) is 8.83. The van der Waals surface area contributed by atoms with Gasteiger partial charge in [0.2, 0.25) is 0 Å². The molecule has 106 valence electrons. The van der Waals surface area contributed by atoms with Gasteiger partial charge in [-0.2, -0.15) is 5.10 Å². The fourth-order valence-electron chi connectivity index (χ4n) is 2.33. The molecule has 0 aliphatic carbocycles. The molecule has 2 aromatic carbocycles. The van der Waals surface area contributed by atoms with Crippen molar-refractivity contribution in [3.63, 3.8) is 0 Å². The molecule has 0 atom stereocenters. The highest BCUT2D eigenvalue weighted by atomic mass is 19.1. The second-order valence-electron chi connectivity index (χ2n) is 4.85. The van der Waals surface area contributed by atoms with Crippen LogP contribution in [-0.4, -0.2) is 9.78 Å². The van der Waals surface area contributed by atoms with Crippen LogP contribution in [0, 0.1) is 5.82 Å². The van der Waals surface area contributed by atoms with Gasteiger partial charge in [-0.25, -0.2) is 4.39 Å². The van der Waals surface area contributed by atoms with Crippen molar-refractivity contribution in [2.75, 3.05) is 0 Å². The Labute approximate surface area is 122 Å². The Morgan fingerprint density at radius 1 is 1.00 bits per heavy atom. The molecule has 3 nitrogen and oxygen atoms in total. The topological polar surface area (TPSA) is 43.8 Å². The fraction of sp³-hybridized carbons (Fsp3) is 0.118. The highest BCUT2D eigenvalue weighted by molar-refractivity contribution is 5.61. The number of halogens is 1. The van der Waals surface area contributed by atoms with Crippen LogP contribution in [0.3, 0.4) is 0 Å². The predicted octanol–water partition coefficient (Wildman–Crippen LogP) is 3.20. The molecule has 3 aromatic rings. The lowest BCUT2D eigenvalue weighted by molar-refractivity contribution is 0.623. The Balaban J connectivity index is 2.04. The first-order valence-corrected chi connectivity index (χ1v) is 6.83. The molecule has 0 aliphatic heterocycles. The van der Waals surface area contributed by atoms with E-state index in [0.717, 1.165) is 17.0 Å². The molecule has 1 aromatic heterocycles. The molecule has 2 N–H and O–H groups in total. The highest BCUT2D eigenvalue weighted by Gasteiger charge is 2.13. The van der Waals surface area contributed by atoms with Crippen LogP contribution in [0.15, 0.2) is 60.7 Å². The van der Waals surface area contributed by atoms with Crippen LogP contribution in [0.25, 0.3) is 11.3 Å². The van der Waals surface area contributed by atoms with Crippen molar-refractivity contribution in [2.24, 2.45) is 5.73 Å². The molecule has 3 rings (SSSR count). The smallest absolute Gasteiger partial charge is 0.132 e. The van der Waals surface area contributed by atoms with E-state index < -0.39 is 0 Å².